The van der Waals surface area contributed by atoms with Gasteiger partial charge < -0.3 is 4.98 Å². The molecule has 2 aromatic rings. The number of hydrogen-bond donors (Lipinski definition) is 1. The Balaban J connectivity index is 2.01. The van der Waals surface area contributed by atoms with Gasteiger partial charge in [0, 0.05) is 23.0 Å². The van der Waals surface area contributed by atoms with Crippen LogP contribution in [0.25, 0.3) is 0 Å². The van der Waals surface area contributed by atoms with E-state index in [-0.39, 0.29) is 7.92 Å². The van der Waals surface area contributed by atoms with Gasteiger partial charge in [-0.2, -0.15) is 0 Å². The first kappa shape index (κ1) is 16.0. The number of hydrogen-bond acceptors (Lipinski definition) is 1. The lowest BCUT2D eigenvalue weighted by atomic mass is 10.2. The van der Waals surface area contributed by atoms with Crippen molar-refractivity contribution in [2.24, 2.45) is 0 Å². The van der Waals surface area contributed by atoms with Gasteiger partial charge in [-0.05, 0) is 62.9 Å². The molecule has 0 saturated carbocycles. The summed E-state index contributed by atoms with van der Waals surface area (Å²) >= 11 is 0. The Hall–Kier alpha value is -1.40. The Labute approximate surface area is 129 Å². The average Bonchev–Trinajstić information content (AvgIpc) is 2.99. The molecule has 0 aromatic carbocycles. The number of nitrogens with one attached hydrogen (secondary N) is 1. The molecule has 0 radical (unpaired) electrons. The molecule has 2 rings (SSSR count). The summed E-state index contributed by atoms with van der Waals surface area (Å²) in [5.74, 6) is 0. The van der Waals surface area contributed by atoms with Crippen molar-refractivity contribution in [1.29, 1.82) is 0 Å². The zero-order chi connectivity index (χ0) is 15.1. The van der Waals surface area contributed by atoms with E-state index in [9.17, 15) is 0 Å². The maximum Gasteiger partial charge on any atom is 0.0428 e. The molecule has 0 amide bonds. The third kappa shape index (κ3) is 4.54. The highest BCUT2D eigenvalue weighted by molar-refractivity contribution is 7.69. The van der Waals surface area contributed by atoms with E-state index in [2.05, 4.69) is 48.6 Å². The first-order valence-corrected chi connectivity index (χ1v) is 9.30. The Kier molecular flexibility index (Phi) is 6.20. The van der Waals surface area contributed by atoms with E-state index in [1.54, 1.807) is 0 Å². The molecule has 0 aliphatic rings. The molecule has 1 atom stereocenters. The van der Waals surface area contributed by atoms with E-state index < -0.39 is 0 Å². The molecule has 2 nitrogen and oxygen atoms in total. The molecule has 0 spiro atoms. The third-order valence-corrected chi connectivity index (χ3v) is 6.45. The third-order valence-electron chi connectivity index (χ3n) is 3.64. The molecule has 112 valence electrons. The summed E-state index contributed by atoms with van der Waals surface area (Å²) in [5, 5.41) is 1.39. The van der Waals surface area contributed by atoms with Crippen LogP contribution < -0.4 is 5.44 Å². The molecule has 2 heterocycles. The lowest BCUT2D eigenvalue weighted by molar-refractivity contribution is 0.891. The van der Waals surface area contributed by atoms with Crippen LogP contribution in [0.2, 0.25) is 0 Å². The van der Waals surface area contributed by atoms with Gasteiger partial charge in [0.05, 0.1) is 0 Å². The molecule has 1 N–H and O–H groups in total. The number of pyridine rings is 1. The molecule has 0 bridgehead atoms. The lowest BCUT2D eigenvalue weighted by Gasteiger charge is -2.17. The van der Waals surface area contributed by atoms with E-state index >= 15 is 0 Å². The summed E-state index contributed by atoms with van der Waals surface area (Å²) < 4.78 is 0. The zero-order valence-electron chi connectivity index (χ0n) is 13.1. The standard InChI is InChI=1S/C18H25N2P/c1-4-14-21(15(3)5-2)18-12-11-17(20-18)10-9-16-8-6-7-13-19-16/h6-8,11-13,20H,3-5,9-10,14H2,1-2H3. The quantitative estimate of drug-likeness (QED) is 0.707. The molecule has 2 aromatic heterocycles. The van der Waals surface area contributed by atoms with Crippen molar-refractivity contribution in [3.63, 3.8) is 0 Å². The Morgan fingerprint density at radius 1 is 1.19 bits per heavy atom. The molecule has 1 unspecified atom stereocenters. The highest BCUT2D eigenvalue weighted by atomic mass is 31.1. The van der Waals surface area contributed by atoms with E-state index in [0.29, 0.717) is 0 Å². The molecular formula is C18H25N2P. The second kappa shape index (κ2) is 8.14. The van der Waals surface area contributed by atoms with Crippen molar-refractivity contribution in [3.05, 3.63) is 59.8 Å². The number of aryl methyl sites for hydroxylation is 2. The summed E-state index contributed by atoms with van der Waals surface area (Å²) in [6.07, 6.45) is 7.40. The van der Waals surface area contributed by atoms with Crippen molar-refractivity contribution in [2.75, 3.05) is 6.16 Å². The van der Waals surface area contributed by atoms with Gasteiger partial charge in [0.25, 0.3) is 0 Å². The van der Waals surface area contributed by atoms with Gasteiger partial charge in [-0.15, -0.1) is 0 Å². The van der Waals surface area contributed by atoms with Crippen molar-refractivity contribution < 1.29 is 0 Å². The second-order valence-corrected chi connectivity index (χ2v) is 7.68. The van der Waals surface area contributed by atoms with Gasteiger partial charge in [0.2, 0.25) is 0 Å². The number of allylic oxidation sites excluding steroid dienone is 1. The van der Waals surface area contributed by atoms with Crippen LogP contribution >= 0.6 is 7.92 Å². The predicted molar refractivity (Wildman–Crippen MR) is 93.6 cm³/mol. The van der Waals surface area contributed by atoms with Crippen LogP contribution in [0.1, 0.15) is 38.1 Å². The maximum absolute atomic E-state index is 4.38. The van der Waals surface area contributed by atoms with Crippen molar-refractivity contribution in [2.45, 2.75) is 39.5 Å². The Morgan fingerprint density at radius 3 is 2.71 bits per heavy atom. The largest absolute Gasteiger partial charge is 0.358 e. The Bertz CT molecular complexity index is 560. The topological polar surface area (TPSA) is 28.7 Å². The van der Waals surface area contributed by atoms with Gasteiger partial charge in [-0.3, -0.25) is 4.98 Å². The fourth-order valence-corrected chi connectivity index (χ4v) is 4.66. The second-order valence-electron chi connectivity index (χ2n) is 5.26. The summed E-state index contributed by atoms with van der Waals surface area (Å²) in [6, 6.07) is 10.6. The summed E-state index contributed by atoms with van der Waals surface area (Å²) in [7, 11) is -0.227. The fourth-order valence-electron chi connectivity index (χ4n) is 2.40. The monoisotopic (exact) mass is 300 g/mol. The highest BCUT2D eigenvalue weighted by Gasteiger charge is 2.14. The van der Waals surface area contributed by atoms with Crippen LogP contribution in [0, 0.1) is 0 Å². The molecule has 0 aliphatic heterocycles. The van der Waals surface area contributed by atoms with E-state index in [0.717, 1.165) is 25.0 Å². The number of H-pyrrole nitrogens is 1. The van der Waals surface area contributed by atoms with Crippen LogP contribution in [0.3, 0.4) is 0 Å². The Morgan fingerprint density at radius 2 is 2.05 bits per heavy atom. The minimum Gasteiger partial charge on any atom is -0.358 e. The minimum absolute atomic E-state index is 0.227. The number of rotatable bonds is 8. The van der Waals surface area contributed by atoms with Crippen LogP contribution in [0.4, 0.5) is 0 Å². The smallest absolute Gasteiger partial charge is 0.0428 e. The van der Waals surface area contributed by atoms with Gasteiger partial charge in [0.1, 0.15) is 0 Å². The minimum atomic E-state index is -0.227. The molecule has 0 saturated heterocycles. The van der Waals surface area contributed by atoms with Crippen molar-refractivity contribution in [3.8, 4) is 0 Å². The summed E-state index contributed by atoms with van der Waals surface area (Å²) in [6.45, 7) is 8.73. The molecular weight excluding hydrogens is 275 g/mol. The first-order chi connectivity index (χ1) is 10.2. The van der Waals surface area contributed by atoms with E-state index in [1.165, 1.54) is 29.0 Å². The number of aromatic amines is 1. The first-order valence-electron chi connectivity index (χ1n) is 7.77. The van der Waals surface area contributed by atoms with Crippen LogP contribution in [0.15, 0.2) is 48.4 Å². The maximum atomic E-state index is 4.38. The normalized spacial score (nSPS) is 12.3. The zero-order valence-corrected chi connectivity index (χ0v) is 14.0. The summed E-state index contributed by atoms with van der Waals surface area (Å²) in [4.78, 5) is 8.01. The van der Waals surface area contributed by atoms with Gasteiger partial charge >= 0.3 is 0 Å². The van der Waals surface area contributed by atoms with Crippen LogP contribution in [0.5, 0.6) is 0 Å². The molecule has 0 aliphatic carbocycles. The van der Waals surface area contributed by atoms with Gasteiger partial charge in [-0.1, -0.05) is 32.9 Å². The molecule has 3 heteroatoms. The fraction of sp³-hybridized carbons (Fsp3) is 0.389. The van der Waals surface area contributed by atoms with Gasteiger partial charge in [0.15, 0.2) is 0 Å². The van der Waals surface area contributed by atoms with Crippen molar-refractivity contribution >= 4 is 13.4 Å². The lowest BCUT2D eigenvalue weighted by Crippen LogP contribution is -2.06. The highest BCUT2D eigenvalue weighted by Crippen LogP contribution is 2.44. The van der Waals surface area contributed by atoms with Crippen LogP contribution in [-0.2, 0) is 12.8 Å². The van der Waals surface area contributed by atoms with Crippen LogP contribution in [-0.4, -0.2) is 16.1 Å². The summed E-state index contributed by atoms with van der Waals surface area (Å²) in [5.41, 5.74) is 3.85. The molecule has 21 heavy (non-hydrogen) atoms. The van der Waals surface area contributed by atoms with E-state index in [1.807, 2.05) is 18.3 Å². The van der Waals surface area contributed by atoms with E-state index in [4.69, 9.17) is 0 Å². The average molecular weight is 300 g/mol. The SMILES string of the molecule is C=C(CC)P(CCC)c1ccc(CCc2ccccn2)[nH]1. The predicted octanol–water partition coefficient (Wildman–Crippen LogP) is 4.64. The number of nitrogens with zero attached hydrogens (tertiary/aromatic N) is 1. The van der Waals surface area contributed by atoms with Crippen molar-refractivity contribution in [1.82, 2.24) is 9.97 Å². The number of aromatic nitrogens is 2. The van der Waals surface area contributed by atoms with Gasteiger partial charge in [-0.25, -0.2) is 0 Å². The molecule has 0 fully saturated rings.